The van der Waals surface area contributed by atoms with E-state index in [1.54, 1.807) is 6.08 Å². The zero-order valence-electron chi connectivity index (χ0n) is 18.8. The van der Waals surface area contributed by atoms with Gasteiger partial charge >= 0.3 is 11.9 Å². The molecule has 3 rings (SSSR count). The molecule has 7 atom stereocenters. The number of rotatable bonds is 7. The second kappa shape index (κ2) is 9.70. The number of hydrogen-bond donors (Lipinski definition) is 2. The van der Waals surface area contributed by atoms with Gasteiger partial charge in [0, 0.05) is 18.8 Å². The Morgan fingerprint density at radius 1 is 1.32 bits per heavy atom. The van der Waals surface area contributed by atoms with Crippen LogP contribution in [0, 0.1) is 23.2 Å². The van der Waals surface area contributed by atoms with Gasteiger partial charge in [-0.15, -0.1) is 6.58 Å². The lowest BCUT2D eigenvalue weighted by Crippen LogP contribution is -2.44. The Labute approximate surface area is 185 Å². The van der Waals surface area contributed by atoms with Crippen LogP contribution >= 0.6 is 0 Å². The molecular weight excluding hydrogens is 396 g/mol. The minimum atomic E-state index is -0.675. The van der Waals surface area contributed by atoms with Gasteiger partial charge in [-0.3, -0.25) is 9.59 Å². The number of carbonyl (C=O) groups is 2. The summed E-state index contributed by atoms with van der Waals surface area (Å²) in [6.45, 7) is 9.57. The lowest BCUT2D eigenvalue weighted by Gasteiger charge is -2.43. The second-order valence-corrected chi connectivity index (χ2v) is 9.98. The summed E-state index contributed by atoms with van der Waals surface area (Å²) in [6.07, 6.45) is 8.60. The average molecular weight is 433 g/mol. The maximum absolute atomic E-state index is 12.9. The van der Waals surface area contributed by atoms with Crippen LogP contribution in [0.5, 0.6) is 0 Å². The van der Waals surface area contributed by atoms with Gasteiger partial charge in [0.05, 0.1) is 24.0 Å². The molecule has 2 N–H and O–H groups in total. The number of fused-ring (bicyclic) bond motifs is 1. The predicted molar refractivity (Wildman–Crippen MR) is 117 cm³/mol. The van der Waals surface area contributed by atoms with Crippen molar-refractivity contribution in [3.8, 4) is 0 Å². The fraction of sp³-hybridized carbons (Fsp3) is 0.680. The summed E-state index contributed by atoms with van der Waals surface area (Å²) >= 11 is 0. The van der Waals surface area contributed by atoms with Crippen LogP contribution < -0.4 is 0 Å². The summed E-state index contributed by atoms with van der Waals surface area (Å²) in [5, 5.41) is 20.3. The summed E-state index contributed by atoms with van der Waals surface area (Å²) in [6, 6.07) is 0. The van der Waals surface area contributed by atoms with Crippen LogP contribution in [0.2, 0.25) is 0 Å². The summed E-state index contributed by atoms with van der Waals surface area (Å²) in [4.78, 5) is 24.6. The topological polar surface area (TPSA) is 93.1 Å². The molecular formula is C25H36O6. The Balaban J connectivity index is 1.76. The van der Waals surface area contributed by atoms with E-state index >= 15 is 0 Å². The van der Waals surface area contributed by atoms with Gasteiger partial charge in [-0.1, -0.05) is 31.2 Å². The third-order valence-corrected chi connectivity index (χ3v) is 6.90. The molecule has 6 heteroatoms. The van der Waals surface area contributed by atoms with E-state index in [0.29, 0.717) is 25.7 Å². The van der Waals surface area contributed by atoms with E-state index in [4.69, 9.17) is 9.47 Å². The van der Waals surface area contributed by atoms with E-state index in [9.17, 15) is 19.8 Å². The van der Waals surface area contributed by atoms with Crippen LogP contribution in [0.25, 0.3) is 0 Å². The Hall–Kier alpha value is -1.92. The van der Waals surface area contributed by atoms with Gasteiger partial charge in [0.2, 0.25) is 0 Å². The molecule has 0 saturated carbocycles. The minimum Gasteiger partial charge on any atom is -0.462 e. The SMILES string of the molecule is C=CCC(C)(C)C(=O)O[C@H]1C[C@H](O)C=C2C=C[C@H](C)[C@H](CC[C@@H]3C[C@@H](O)CC(=O)O3)[C@H]21. The van der Waals surface area contributed by atoms with Gasteiger partial charge in [-0.05, 0) is 50.5 Å². The molecule has 172 valence electrons. The molecule has 0 radical (unpaired) electrons. The van der Waals surface area contributed by atoms with Gasteiger partial charge < -0.3 is 19.7 Å². The molecule has 0 aromatic heterocycles. The largest absolute Gasteiger partial charge is 0.462 e. The summed E-state index contributed by atoms with van der Waals surface area (Å²) in [5.74, 6) is -0.212. The third kappa shape index (κ3) is 5.66. The molecule has 0 aromatic carbocycles. The zero-order chi connectivity index (χ0) is 22.8. The number of carbonyl (C=O) groups excluding carboxylic acids is 2. The molecule has 31 heavy (non-hydrogen) atoms. The van der Waals surface area contributed by atoms with Gasteiger partial charge in [0.15, 0.2) is 0 Å². The fourth-order valence-electron chi connectivity index (χ4n) is 5.14. The second-order valence-electron chi connectivity index (χ2n) is 9.98. The molecule has 0 aromatic rings. The molecule has 3 aliphatic rings. The quantitative estimate of drug-likeness (QED) is 0.473. The van der Waals surface area contributed by atoms with Crippen LogP contribution in [0.3, 0.4) is 0 Å². The molecule has 2 aliphatic carbocycles. The first-order chi connectivity index (χ1) is 14.6. The van der Waals surface area contributed by atoms with E-state index in [1.807, 2.05) is 26.0 Å². The van der Waals surface area contributed by atoms with Crippen molar-refractivity contribution in [1.82, 2.24) is 0 Å². The highest BCUT2D eigenvalue weighted by Gasteiger charge is 2.43. The Kier molecular flexibility index (Phi) is 7.43. The standard InChI is InChI=1S/C25H36O6/c1-5-10-25(3,4)24(29)31-21-13-17(26)11-16-7-6-15(2)20(23(16)21)9-8-19-12-18(27)14-22(28)30-19/h5-7,11,15,17-21,23,26-27H,1,8-10,12-14H2,2-4H3/t15-,17+,18+,19+,20-,21-,23-/m0/s1. The smallest absolute Gasteiger partial charge is 0.312 e. The highest BCUT2D eigenvalue weighted by atomic mass is 16.6. The number of ether oxygens (including phenoxy) is 2. The van der Waals surface area contributed by atoms with Gasteiger partial charge in [0.1, 0.15) is 12.2 Å². The van der Waals surface area contributed by atoms with Crippen molar-refractivity contribution in [1.29, 1.82) is 0 Å². The molecule has 0 spiro atoms. The Morgan fingerprint density at radius 2 is 2.06 bits per heavy atom. The third-order valence-electron chi connectivity index (χ3n) is 6.90. The molecule has 0 unspecified atom stereocenters. The van der Waals surface area contributed by atoms with Crippen LogP contribution in [0.1, 0.15) is 59.3 Å². The Bertz CT molecular complexity index is 751. The van der Waals surface area contributed by atoms with Crippen molar-refractivity contribution in [2.75, 3.05) is 0 Å². The molecule has 0 amide bonds. The van der Waals surface area contributed by atoms with Crippen molar-refractivity contribution in [3.05, 3.63) is 36.5 Å². The number of cyclic esters (lactones) is 1. The molecule has 0 bridgehead atoms. The number of aliphatic hydroxyl groups excluding tert-OH is 2. The van der Waals surface area contributed by atoms with Crippen LogP contribution in [0.15, 0.2) is 36.5 Å². The van der Waals surface area contributed by atoms with Gasteiger partial charge in [-0.2, -0.15) is 0 Å². The van der Waals surface area contributed by atoms with E-state index in [-0.39, 0.29) is 42.2 Å². The first-order valence-electron chi connectivity index (χ1n) is 11.4. The predicted octanol–water partition coefficient (Wildman–Crippen LogP) is 3.48. The van der Waals surface area contributed by atoms with Crippen molar-refractivity contribution in [3.63, 3.8) is 0 Å². The molecule has 1 saturated heterocycles. The van der Waals surface area contributed by atoms with Crippen LogP contribution in [-0.4, -0.2) is 46.6 Å². The highest BCUT2D eigenvalue weighted by molar-refractivity contribution is 5.76. The highest BCUT2D eigenvalue weighted by Crippen LogP contribution is 2.44. The van der Waals surface area contributed by atoms with E-state index < -0.39 is 23.7 Å². The molecule has 1 heterocycles. The van der Waals surface area contributed by atoms with Crippen molar-refractivity contribution in [2.45, 2.75) is 83.7 Å². The first-order valence-corrected chi connectivity index (χ1v) is 11.4. The van der Waals surface area contributed by atoms with E-state index in [1.165, 1.54) is 0 Å². The summed E-state index contributed by atoms with van der Waals surface area (Å²) in [5.41, 5.74) is 0.327. The lowest BCUT2D eigenvalue weighted by atomic mass is 9.66. The maximum atomic E-state index is 12.9. The molecule has 1 fully saturated rings. The van der Waals surface area contributed by atoms with Gasteiger partial charge in [-0.25, -0.2) is 0 Å². The number of hydrogen-bond acceptors (Lipinski definition) is 6. The van der Waals surface area contributed by atoms with Gasteiger partial charge in [0.25, 0.3) is 0 Å². The fourth-order valence-corrected chi connectivity index (χ4v) is 5.14. The number of allylic oxidation sites excluding steroid dienone is 3. The van der Waals surface area contributed by atoms with Crippen LogP contribution in [-0.2, 0) is 19.1 Å². The lowest BCUT2D eigenvalue weighted by molar-refractivity contribution is -0.166. The number of esters is 2. The van der Waals surface area contributed by atoms with Crippen molar-refractivity contribution >= 4 is 11.9 Å². The number of aliphatic hydroxyl groups is 2. The summed E-state index contributed by atoms with van der Waals surface area (Å²) in [7, 11) is 0. The van der Waals surface area contributed by atoms with Crippen molar-refractivity contribution in [2.24, 2.45) is 23.2 Å². The zero-order valence-corrected chi connectivity index (χ0v) is 18.8. The molecule has 6 nitrogen and oxygen atoms in total. The van der Waals surface area contributed by atoms with Crippen LogP contribution in [0.4, 0.5) is 0 Å². The van der Waals surface area contributed by atoms with Crippen molar-refractivity contribution < 1.29 is 29.3 Å². The minimum absolute atomic E-state index is 0.0175. The Morgan fingerprint density at radius 3 is 2.74 bits per heavy atom. The maximum Gasteiger partial charge on any atom is 0.312 e. The van der Waals surface area contributed by atoms with E-state index in [0.717, 1.165) is 12.0 Å². The normalized spacial score (nSPS) is 35.6. The summed E-state index contributed by atoms with van der Waals surface area (Å²) < 4.78 is 11.4. The molecule has 1 aliphatic heterocycles. The first kappa shape index (κ1) is 23.7. The average Bonchev–Trinajstić information content (AvgIpc) is 2.66. The van der Waals surface area contributed by atoms with E-state index in [2.05, 4.69) is 19.6 Å². The monoisotopic (exact) mass is 432 g/mol.